The SMILES string of the molecule is O=S(=O)(Cl)c1cc2ccccc2nc1Cl. The van der Waals surface area contributed by atoms with E-state index in [0.717, 1.165) is 0 Å². The molecule has 1 heterocycles. The number of hydrogen-bond acceptors (Lipinski definition) is 3. The van der Waals surface area contributed by atoms with Crippen LogP contribution in [0.25, 0.3) is 10.9 Å². The summed E-state index contributed by atoms with van der Waals surface area (Å²) >= 11 is 5.71. The first kappa shape index (κ1) is 10.7. The van der Waals surface area contributed by atoms with Gasteiger partial charge in [0.05, 0.1) is 5.52 Å². The standard InChI is InChI=1S/C9H5Cl2NO2S/c10-9-8(15(11,13)14)5-6-3-1-2-4-7(6)12-9/h1-5H. The summed E-state index contributed by atoms with van der Waals surface area (Å²) in [6, 6.07) is 8.46. The van der Waals surface area contributed by atoms with Gasteiger partial charge in [-0.2, -0.15) is 0 Å². The first-order valence-electron chi connectivity index (χ1n) is 3.98. The predicted molar refractivity (Wildman–Crippen MR) is 59.8 cm³/mol. The smallest absolute Gasteiger partial charge is 0.235 e. The molecule has 15 heavy (non-hydrogen) atoms. The van der Waals surface area contributed by atoms with E-state index in [1.54, 1.807) is 24.3 Å². The predicted octanol–water partition coefficient (Wildman–Crippen LogP) is 2.82. The summed E-state index contributed by atoms with van der Waals surface area (Å²) in [5.74, 6) is 0. The zero-order chi connectivity index (χ0) is 11.1. The van der Waals surface area contributed by atoms with E-state index in [1.807, 2.05) is 0 Å². The summed E-state index contributed by atoms with van der Waals surface area (Å²) in [5, 5.41) is 0.574. The summed E-state index contributed by atoms with van der Waals surface area (Å²) in [6.45, 7) is 0. The summed E-state index contributed by atoms with van der Waals surface area (Å²) in [7, 11) is 1.36. The molecule has 3 nitrogen and oxygen atoms in total. The Hall–Kier alpha value is -0.840. The van der Waals surface area contributed by atoms with Gasteiger partial charge in [-0.25, -0.2) is 13.4 Å². The molecule has 0 aliphatic carbocycles. The lowest BCUT2D eigenvalue weighted by Crippen LogP contribution is -1.94. The van der Waals surface area contributed by atoms with Crippen molar-refractivity contribution in [3.8, 4) is 0 Å². The second-order valence-corrected chi connectivity index (χ2v) is 5.80. The minimum Gasteiger partial charge on any atom is -0.235 e. The van der Waals surface area contributed by atoms with Gasteiger partial charge in [0.2, 0.25) is 0 Å². The maximum atomic E-state index is 11.1. The lowest BCUT2D eigenvalue weighted by Gasteiger charge is -2.02. The molecule has 0 saturated heterocycles. The largest absolute Gasteiger partial charge is 0.264 e. The van der Waals surface area contributed by atoms with Crippen LogP contribution in [-0.4, -0.2) is 13.4 Å². The van der Waals surface area contributed by atoms with Crippen LogP contribution in [0, 0.1) is 0 Å². The van der Waals surface area contributed by atoms with Crippen molar-refractivity contribution < 1.29 is 8.42 Å². The van der Waals surface area contributed by atoms with Gasteiger partial charge in [-0.3, -0.25) is 0 Å². The molecule has 0 spiro atoms. The summed E-state index contributed by atoms with van der Waals surface area (Å²) in [5.41, 5.74) is 0.631. The van der Waals surface area contributed by atoms with E-state index in [0.29, 0.717) is 10.9 Å². The van der Waals surface area contributed by atoms with E-state index >= 15 is 0 Å². The molecular formula is C9H5Cl2NO2S. The minimum atomic E-state index is -3.85. The van der Waals surface area contributed by atoms with Crippen molar-refractivity contribution in [2.75, 3.05) is 0 Å². The van der Waals surface area contributed by atoms with Crippen LogP contribution in [0.3, 0.4) is 0 Å². The minimum absolute atomic E-state index is 0.108. The topological polar surface area (TPSA) is 47.0 Å². The molecule has 0 unspecified atom stereocenters. The number of halogens is 2. The Bertz CT molecular complexity index is 625. The third-order valence-corrected chi connectivity index (χ3v) is 3.64. The number of para-hydroxylation sites is 1. The molecule has 1 aromatic heterocycles. The molecule has 0 aliphatic rings. The highest BCUT2D eigenvalue weighted by atomic mass is 35.7. The maximum Gasteiger partial charge on any atom is 0.264 e. The van der Waals surface area contributed by atoms with Crippen LogP contribution >= 0.6 is 22.3 Å². The van der Waals surface area contributed by atoms with E-state index in [-0.39, 0.29) is 10.0 Å². The zero-order valence-corrected chi connectivity index (χ0v) is 9.64. The molecule has 0 saturated carbocycles. The monoisotopic (exact) mass is 261 g/mol. The zero-order valence-electron chi connectivity index (χ0n) is 7.31. The van der Waals surface area contributed by atoms with Crippen molar-refractivity contribution >= 4 is 42.2 Å². The summed E-state index contributed by atoms with van der Waals surface area (Å²) < 4.78 is 22.3. The average Bonchev–Trinajstić information content (AvgIpc) is 2.15. The maximum absolute atomic E-state index is 11.1. The number of rotatable bonds is 1. The number of nitrogens with zero attached hydrogens (tertiary/aromatic N) is 1. The van der Waals surface area contributed by atoms with Gasteiger partial charge >= 0.3 is 0 Å². The van der Waals surface area contributed by atoms with Crippen molar-refractivity contribution in [1.29, 1.82) is 0 Å². The Morgan fingerprint density at radius 1 is 1.20 bits per heavy atom. The first-order valence-corrected chi connectivity index (χ1v) is 6.67. The Morgan fingerprint density at radius 3 is 2.53 bits per heavy atom. The number of pyridine rings is 1. The summed E-state index contributed by atoms with van der Waals surface area (Å²) in [4.78, 5) is 3.78. The van der Waals surface area contributed by atoms with Crippen LogP contribution in [-0.2, 0) is 9.05 Å². The highest BCUT2D eigenvalue weighted by Gasteiger charge is 2.16. The van der Waals surface area contributed by atoms with Crippen LogP contribution < -0.4 is 0 Å². The Morgan fingerprint density at radius 2 is 1.87 bits per heavy atom. The van der Waals surface area contributed by atoms with Crippen molar-refractivity contribution in [3.05, 3.63) is 35.5 Å². The number of hydrogen-bond donors (Lipinski definition) is 0. The van der Waals surface area contributed by atoms with E-state index in [9.17, 15) is 8.42 Å². The van der Waals surface area contributed by atoms with Crippen LogP contribution in [0.5, 0.6) is 0 Å². The van der Waals surface area contributed by atoms with Crippen LogP contribution in [0.1, 0.15) is 0 Å². The molecule has 0 aliphatic heterocycles. The fourth-order valence-corrected chi connectivity index (χ4v) is 2.68. The highest BCUT2D eigenvalue weighted by molar-refractivity contribution is 8.13. The molecule has 0 N–H and O–H groups in total. The molecule has 0 amide bonds. The Kier molecular flexibility index (Phi) is 2.58. The second-order valence-electron chi connectivity index (χ2n) is 2.91. The molecule has 2 rings (SSSR count). The highest BCUT2D eigenvalue weighted by Crippen LogP contribution is 2.26. The molecular weight excluding hydrogens is 257 g/mol. The third kappa shape index (κ3) is 2.07. The van der Waals surface area contributed by atoms with Gasteiger partial charge in [-0.1, -0.05) is 29.8 Å². The molecule has 0 fully saturated rings. The van der Waals surface area contributed by atoms with Crippen molar-refractivity contribution in [2.24, 2.45) is 0 Å². The molecule has 0 radical (unpaired) electrons. The fourth-order valence-electron chi connectivity index (χ4n) is 1.24. The van der Waals surface area contributed by atoms with Crippen LogP contribution in [0.15, 0.2) is 35.2 Å². The lowest BCUT2D eigenvalue weighted by molar-refractivity contribution is 0.609. The van der Waals surface area contributed by atoms with Gasteiger partial charge in [0.15, 0.2) is 0 Å². The van der Waals surface area contributed by atoms with E-state index < -0.39 is 9.05 Å². The number of benzene rings is 1. The van der Waals surface area contributed by atoms with E-state index in [1.165, 1.54) is 6.07 Å². The number of fused-ring (bicyclic) bond motifs is 1. The fraction of sp³-hybridized carbons (Fsp3) is 0. The van der Waals surface area contributed by atoms with Gasteiger partial charge in [-0.05, 0) is 12.1 Å². The molecule has 78 valence electrons. The molecule has 1 aromatic carbocycles. The van der Waals surface area contributed by atoms with E-state index in [4.69, 9.17) is 22.3 Å². The van der Waals surface area contributed by atoms with Gasteiger partial charge in [0.25, 0.3) is 9.05 Å². The normalized spacial score (nSPS) is 11.9. The van der Waals surface area contributed by atoms with Crippen LogP contribution in [0.4, 0.5) is 0 Å². The number of aromatic nitrogens is 1. The summed E-state index contributed by atoms with van der Waals surface area (Å²) in [6.07, 6.45) is 0. The van der Waals surface area contributed by atoms with Crippen molar-refractivity contribution in [3.63, 3.8) is 0 Å². The molecule has 2 aromatic rings. The van der Waals surface area contributed by atoms with Gasteiger partial charge < -0.3 is 0 Å². The average molecular weight is 262 g/mol. The second kappa shape index (κ2) is 3.63. The molecule has 6 heteroatoms. The van der Waals surface area contributed by atoms with Gasteiger partial charge in [-0.15, -0.1) is 0 Å². The molecule has 0 bridgehead atoms. The third-order valence-electron chi connectivity index (χ3n) is 1.91. The van der Waals surface area contributed by atoms with Gasteiger partial charge in [0, 0.05) is 16.1 Å². The quantitative estimate of drug-likeness (QED) is 0.586. The van der Waals surface area contributed by atoms with Crippen LogP contribution in [0.2, 0.25) is 5.15 Å². The van der Waals surface area contributed by atoms with Crippen molar-refractivity contribution in [2.45, 2.75) is 4.90 Å². The van der Waals surface area contributed by atoms with E-state index in [2.05, 4.69) is 4.98 Å². The Labute approximate surface area is 96.1 Å². The van der Waals surface area contributed by atoms with Crippen molar-refractivity contribution in [1.82, 2.24) is 4.98 Å². The molecule has 0 atom stereocenters. The Balaban J connectivity index is 2.84. The van der Waals surface area contributed by atoms with Gasteiger partial charge in [0.1, 0.15) is 10.0 Å². The first-order chi connectivity index (χ1) is 6.98. The lowest BCUT2D eigenvalue weighted by atomic mass is 10.2.